The van der Waals surface area contributed by atoms with Crippen LogP contribution in [-0.2, 0) is 0 Å². The summed E-state index contributed by atoms with van der Waals surface area (Å²) in [5.74, 6) is 0.782. The molecule has 0 aliphatic carbocycles. The minimum atomic E-state index is 0.749. The molecule has 1 nitrogen and oxygen atoms in total. The van der Waals surface area contributed by atoms with Gasteiger partial charge in [-0.2, -0.15) is 0 Å². The van der Waals surface area contributed by atoms with Gasteiger partial charge in [0.1, 0.15) is 0 Å². The molecule has 0 saturated carbocycles. The van der Waals surface area contributed by atoms with E-state index in [-0.39, 0.29) is 0 Å². The second-order valence-electron chi connectivity index (χ2n) is 4.93. The first-order valence-electron chi connectivity index (χ1n) is 6.68. The Morgan fingerprint density at radius 1 is 1.25 bits per heavy atom. The largest absolute Gasteiger partial charge is 0.314 e. The maximum absolute atomic E-state index is 3.65. The molecule has 1 heteroatoms. The highest BCUT2D eigenvalue weighted by molar-refractivity contribution is 5.20. The van der Waals surface area contributed by atoms with Crippen molar-refractivity contribution in [3.8, 4) is 0 Å². The number of unbranched alkanes of at least 4 members (excludes halogenated alkanes) is 1. The van der Waals surface area contributed by atoms with Crippen molar-refractivity contribution in [2.24, 2.45) is 0 Å². The van der Waals surface area contributed by atoms with E-state index in [1.807, 2.05) is 0 Å². The molecule has 1 heterocycles. The van der Waals surface area contributed by atoms with E-state index in [4.69, 9.17) is 0 Å². The highest BCUT2D eigenvalue weighted by Crippen LogP contribution is 2.28. The highest BCUT2D eigenvalue weighted by atomic mass is 14.9. The average Bonchev–Trinajstić information content (AvgIpc) is 2.38. The van der Waals surface area contributed by atoms with Crippen molar-refractivity contribution in [2.45, 2.75) is 51.0 Å². The zero-order valence-corrected chi connectivity index (χ0v) is 10.3. The topological polar surface area (TPSA) is 12.0 Å². The quantitative estimate of drug-likeness (QED) is 0.810. The number of benzene rings is 1. The van der Waals surface area contributed by atoms with Gasteiger partial charge in [-0.15, -0.1) is 0 Å². The molecule has 0 spiro atoms. The lowest BCUT2D eigenvalue weighted by Crippen LogP contribution is -2.37. The van der Waals surface area contributed by atoms with Crippen molar-refractivity contribution in [3.05, 3.63) is 35.9 Å². The summed E-state index contributed by atoms with van der Waals surface area (Å²) in [6.07, 6.45) is 6.64. The molecule has 0 amide bonds. The number of hydrogen-bond donors (Lipinski definition) is 1. The van der Waals surface area contributed by atoms with Crippen molar-refractivity contribution in [3.63, 3.8) is 0 Å². The van der Waals surface area contributed by atoms with Gasteiger partial charge in [0.2, 0.25) is 0 Å². The van der Waals surface area contributed by atoms with Gasteiger partial charge in [0.05, 0.1) is 0 Å². The van der Waals surface area contributed by atoms with Gasteiger partial charge in [0.15, 0.2) is 0 Å². The molecule has 2 atom stereocenters. The van der Waals surface area contributed by atoms with E-state index < -0.39 is 0 Å². The van der Waals surface area contributed by atoms with Crippen molar-refractivity contribution in [1.29, 1.82) is 0 Å². The minimum absolute atomic E-state index is 0.749. The third kappa shape index (κ3) is 3.08. The summed E-state index contributed by atoms with van der Waals surface area (Å²) in [7, 11) is 0. The predicted molar refractivity (Wildman–Crippen MR) is 69.7 cm³/mol. The summed E-state index contributed by atoms with van der Waals surface area (Å²) in [5.41, 5.74) is 1.53. The highest BCUT2D eigenvalue weighted by Gasteiger charge is 2.21. The fraction of sp³-hybridized carbons (Fsp3) is 0.600. The Bertz CT molecular complexity index is 294. The summed E-state index contributed by atoms with van der Waals surface area (Å²) in [5, 5.41) is 3.65. The first-order valence-corrected chi connectivity index (χ1v) is 6.68. The molecule has 1 fully saturated rings. The number of hydrogen-bond acceptors (Lipinski definition) is 1. The third-order valence-corrected chi connectivity index (χ3v) is 3.67. The van der Waals surface area contributed by atoms with Crippen LogP contribution in [0.3, 0.4) is 0 Å². The molecule has 88 valence electrons. The Kier molecular flexibility index (Phi) is 4.41. The summed E-state index contributed by atoms with van der Waals surface area (Å²) in [6.45, 7) is 3.46. The normalized spacial score (nSPS) is 25.6. The lowest BCUT2D eigenvalue weighted by Gasteiger charge is -2.30. The van der Waals surface area contributed by atoms with Gasteiger partial charge in [-0.1, -0.05) is 50.1 Å². The molecule has 0 aromatic heterocycles. The zero-order valence-electron chi connectivity index (χ0n) is 10.3. The summed E-state index contributed by atoms with van der Waals surface area (Å²) < 4.78 is 0. The molecule has 0 radical (unpaired) electrons. The van der Waals surface area contributed by atoms with E-state index in [1.165, 1.54) is 44.2 Å². The molecule has 2 unspecified atom stereocenters. The van der Waals surface area contributed by atoms with E-state index in [0.717, 1.165) is 12.0 Å². The third-order valence-electron chi connectivity index (χ3n) is 3.67. The lowest BCUT2D eigenvalue weighted by atomic mass is 9.85. The van der Waals surface area contributed by atoms with Crippen LogP contribution in [0.15, 0.2) is 30.3 Å². The molecular weight excluding hydrogens is 194 g/mol. The maximum atomic E-state index is 3.65. The van der Waals surface area contributed by atoms with Crippen molar-refractivity contribution in [2.75, 3.05) is 6.54 Å². The lowest BCUT2D eigenvalue weighted by molar-refractivity contribution is 0.341. The summed E-state index contributed by atoms with van der Waals surface area (Å²) in [4.78, 5) is 0. The second kappa shape index (κ2) is 6.05. The van der Waals surface area contributed by atoms with Gasteiger partial charge >= 0.3 is 0 Å². The first kappa shape index (κ1) is 11.7. The van der Waals surface area contributed by atoms with Crippen LogP contribution >= 0.6 is 0 Å². The van der Waals surface area contributed by atoms with Crippen LogP contribution < -0.4 is 5.32 Å². The Labute approximate surface area is 99.3 Å². The van der Waals surface area contributed by atoms with Crippen LogP contribution in [0.1, 0.15) is 50.5 Å². The smallest absolute Gasteiger partial charge is 0.00728 e. The Hall–Kier alpha value is -0.820. The molecule has 0 bridgehead atoms. The van der Waals surface area contributed by atoms with Crippen LogP contribution in [0, 0.1) is 0 Å². The van der Waals surface area contributed by atoms with Crippen LogP contribution in [0.2, 0.25) is 0 Å². The van der Waals surface area contributed by atoms with E-state index in [1.54, 1.807) is 0 Å². The van der Waals surface area contributed by atoms with Crippen LogP contribution in [0.25, 0.3) is 0 Å². The van der Waals surface area contributed by atoms with E-state index in [9.17, 15) is 0 Å². The zero-order chi connectivity index (χ0) is 11.2. The minimum Gasteiger partial charge on any atom is -0.314 e. The second-order valence-corrected chi connectivity index (χ2v) is 4.93. The van der Waals surface area contributed by atoms with Crippen LogP contribution in [-0.4, -0.2) is 12.6 Å². The van der Waals surface area contributed by atoms with Gasteiger partial charge in [-0.05, 0) is 37.3 Å². The molecule has 1 aromatic carbocycles. The first-order chi connectivity index (χ1) is 7.90. The van der Waals surface area contributed by atoms with Gasteiger partial charge in [0, 0.05) is 6.04 Å². The van der Waals surface area contributed by atoms with Crippen LogP contribution in [0.5, 0.6) is 0 Å². The molecule has 2 rings (SSSR count). The number of rotatable bonds is 4. The fourth-order valence-corrected chi connectivity index (χ4v) is 2.70. The molecule has 16 heavy (non-hydrogen) atoms. The molecule has 1 aromatic rings. The fourth-order valence-electron chi connectivity index (χ4n) is 2.70. The summed E-state index contributed by atoms with van der Waals surface area (Å²) >= 11 is 0. The molecule has 1 saturated heterocycles. The van der Waals surface area contributed by atoms with E-state index in [2.05, 4.69) is 42.6 Å². The number of piperidine rings is 1. The number of nitrogens with one attached hydrogen (secondary N) is 1. The SMILES string of the molecule is CCCCC1CC(c2ccccc2)CCN1. The maximum Gasteiger partial charge on any atom is 0.00728 e. The van der Waals surface area contributed by atoms with Gasteiger partial charge in [-0.3, -0.25) is 0 Å². The van der Waals surface area contributed by atoms with Crippen LogP contribution in [0.4, 0.5) is 0 Å². The van der Waals surface area contributed by atoms with E-state index >= 15 is 0 Å². The monoisotopic (exact) mass is 217 g/mol. The standard InChI is InChI=1S/C15H23N/c1-2-3-9-15-12-14(10-11-16-15)13-7-5-4-6-8-13/h4-8,14-16H,2-3,9-12H2,1H3. The van der Waals surface area contributed by atoms with Crippen molar-refractivity contribution >= 4 is 0 Å². The van der Waals surface area contributed by atoms with Gasteiger partial charge in [-0.25, -0.2) is 0 Å². The molecular formula is C15H23N. The average molecular weight is 217 g/mol. The van der Waals surface area contributed by atoms with Crippen molar-refractivity contribution in [1.82, 2.24) is 5.32 Å². The van der Waals surface area contributed by atoms with Gasteiger partial charge in [0.25, 0.3) is 0 Å². The Morgan fingerprint density at radius 3 is 2.81 bits per heavy atom. The molecule has 1 N–H and O–H groups in total. The molecule has 1 aliphatic rings. The van der Waals surface area contributed by atoms with Crippen molar-refractivity contribution < 1.29 is 0 Å². The van der Waals surface area contributed by atoms with Gasteiger partial charge < -0.3 is 5.32 Å². The Balaban J connectivity index is 1.91. The summed E-state index contributed by atoms with van der Waals surface area (Å²) in [6, 6.07) is 11.8. The Morgan fingerprint density at radius 2 is 2.06 bits per heavy atom. The van der Waals surface area contributed by atoms with E-state index in [0.29, 0.717) is 0 Å². The molecule has 1 aliphatic heterocycles. The predicted octanol–water partition coefficient (Wildman–Crippen LogP) is 3.71.